The van der Waals surface area contributed by atoms with Crippen LogP contribution in [-0.2, 0) is 0 Å². The summed E-state index contributed by atoms with van der Waals surface area (Å²) in [5.41, 5.74) is 4.80. The average Bonchev–Trinajstić information content (AvgIpc) is 2.49. The Kier molecular flexibility index (Phi) is 1.63. The standard InChI is InChI=1S/C7H5N3O2S/c8-5(11)4-1-3-6(12)9-2-10-7(3)13-4/h1-2H,(H2,8,11)(H,9,10,12). The van der Waals surface area contributed by atoms with Gasteiger partial charge in [0.25, 0.3) is 11.5 Å². The summed E-state index contributed by atoms with van der Waals surface area (Å²) in [6, 6.07) is 1.45. The Morgan fingerprint density at radius 1 is 1.62 bits per heavy atom. The summed E-state index contributed by atoms with van der Waals surface area (Å²) in [4.78, 5) is 29.1. The first-order valence-corrected chi connectivity index (χ1v) is 4.27. The van der Waals surface area contributed by atoms with Gasteiger partial charge < -0.3 is 10.7 Å². The first-order valence-electron chi connectivity index (χ1n) is 3.45. The predicted octanol–water partition coefficient (Wildman–Crippen LogP) is 0.0835. The van der Waals surface area contributed by atoms with Crippen molar-refractivity contribution >= 4 is 27.5 Å². The first kappa shape index (κ1) is 7.93. The van der Waals surface area contributed by atoms with Crippen LogP contribution in [0.25, 0.3) is 10.2 Å². The van der Waals surface area contributed by atoms with Crippen molar-refractivity contribution in [1.29, 1.82) is 0 Å². The maximum absolute atomic E-state index is 11.2. The lowest BCUT2D eigenvalue weighted by atomic mass is 10.3. The molecule has 2 rings (SSSR count). The molecule has 0 saturated heterocycles. The topological polar surface area (TPSA) is 88.8 Å². The molecule has 5 nitrogen and oxygen atoms in total. The zero-order valence-electron chi connectivity index (χ0n) is 6.40. The van der Waals surface area contributed by atoms with Gasteiger partial charge in [0.15, 0.2) is 0 Å². The number of primary amides is 1. The van der Waals surface area contributed by atoms with Gasteiger partial charge in [0.05, 0.1) is 16.6 Å². The van der Waals surface area contributed by atoms with Crippen LogP contribution in [0.1, 0.15) is 9.67 Å². The number of nitrogens with zero attached hydrogens (tertiary/aromatic N) is 1. The summed E-state index contributed by atoms with van der Waals surface area (Å²) in [5, 5.41) is 0.404. The summed E-state index contributed by atoms with van der Waals surface area (Å²) in [7, 11) is 0. The largest absolute Gasteiger partial charge is 0.365 e. The van der Waals surface area contributed by atoms with E-state index < -0.39 is 5.91 Å². The van der Waals surface area contributed by atoms with E-state index in [1.807, 2.05) is 0 Å². The van der Waals surface area contributed by atoms with E-state index in [2.05, 4.69) is 9.97 Å². The van der Waals surface area contributed by atoms with Crippen LogP contribution in [-0.4, -0.2) is 15.9 Å². The van der Waals surface area contributed by atoms with Crippen LogP contribution in [0, 0.1) is 0 Å². The number of carbonyl (C=O) groups excluding carboxylic acids is 1. The number of hydrogen-bond donors (Lipinski definition) is 2. The molecule has 2 aromatic heterocycles. The fourth-order valence-corrected chi connectivity index (χ4v) is 1.84. The van der Waals surface area contributed by atoms with Crippen LogP contribution in [0.2, 0.25) is 0 Å². The Morgan fingerprint density at radius 3 is 3.00 bits per heavy atom. The molecular weight excluding hydrogens is 190 g/mol. The van der Waals surface area contributed by atoms with E-state index in [9.17, 15) is 9.59 Å². The fraction of sp³-hybridized carbons (Fsp3) is 0. The molecule has 0 atom stereocenters. The van der Waals surface area contributed by atoms with Crippen molar-refractivity contribution in [3.8, 4) is 0 Å². The van der Waals surface area contributed by atoms with Gasteiger partial charge in [-0.1, -0.05) is 0 Å². The molecule has 0 radical (unpaired) electrons. The number of nitrogens with two attached hydrogens (primary N) is 1. The van der Waals surface area contributed by atoms with E-state index >= 15 is 0 Å². The van der Waals surface area contributed by atoms with E-state index in [4.69, 9.17) is 5.73 Å². The number of thiophene rings is 1. The van der Waals surface area contributed by atoms with Crippen molar-refractivity contribution in [2.75, 3.05) is 0 Å². The highest BCUT2D eigenvalue weighted by Crippen LogP contribution is 2.19. The van der Waals surface area contributed by atoms with Crippen LogP contribution in [0.15, 0.2) is 17.2 Å². The minimum absolute atomic E-state index is 0.256. The number of carbonyl (C=O) groups is 1. The molecule has 1 amide bonds. The average molecular weight is 195 g/mol. The van der Waals surface area contributed by atoms with E-state index in [0.29, 0.717) is 15.1 Å². The molecule has 6 heteroatoms. The predicted molar refractivity (Wildman–Crippen MR) is 48.8 cm³/mol. The number of rotatable bonds is 1. The molecule has 0 bridgehead atoms. The van der Waals surface area contributed by atoms with Gasteiger partial charge in [0.2, 0.25) is 0 Å². The van der Waals surface area contributed by atoms with E-state index in [0.717, 1.165) is 11.3 Å². The van der Waals surface area contributed by atoms with Crippen molar-refractivity contribution in [1.82, 2.24) is 9.97 Å². The molecule has 0 spiro atoms. The smallest absolute Gasteiger partial charge is 0.259 e. The van der Waals surface area contributed by atoms with Gasteiger partial charge in [-0.15, -0.1) is 11.3 Å². The minimum atomic E-state index is -0.539. The molecule has 66 valence electrons. The summed E-state index contributed by atoms with van der Waals surface area (Å²) in [6.07, 6.45) is 1.30. The van der Waals surface area contributed by atoms with Crippen LogP contribution < -0.4 is 11.3 Å². The van der Waals surface area contributed by atoms with Crippen LogP contribution >= 0.6 is 11.3 Å². The molecule has 13 heavy (non-hydrogen) atoms. The molecule has 0 unspecified atom stereocenters. The molecule has 0 aromatic carbocycles. The molecule has 2 aromatic rings. The van der Waals surface area contributed by atoms with Gasteiger partial charge in [0, 0.05) is 0 Å². The Hall–Kier alpha value is -1.69. The third kappa shape index (κ3) is 1.20. The number of amides is 1. The molecule has 2 heterocycles. The van der Waals surface area contributed by atoms with Gasteiger partial charge in [-0.2, -0.15) is 0 Å². The fourth-order valence-electron chi connectivity index (χ4n) is 0.989. The molecule has 3 N–H and O–H groups in total. The summed E-state index contributed by atoms with van der Waals surface area (Å²) in [5.74, 6) is -0.539. The van der Waals surface area contributed by atoms with Gasteiger partial charge in [-0.3, -0.25) is 9.59 Å². The number of aromatic amines is 1. The van der Waals surface area contributed by atoms with E-state index in [1.165, 1.54) is 12.4 Å². The first-order chi connectivity index (χ1) is 6.18. The summed E-state index contributed by atoms with van der Waals surface area (Å²) < 4.78 is 0. The Balaban J connectivity index is 2.83. The lowest BCUT2D eigenvalue weighted by Gasteiger charge is -1.82. The molecule has 0 aliphatic rings. The minimum Gasteiger partial charge on any atom is -0.365 e. The number of fused-ring (bicyclic) bond motifs is 1. The van der Waals surface area contributed by atoms with Gasteiger partial charge in [-0.05, 0) is 6.07 Å². The molecule has 0 aliphatic heterocycles. The Labute approximate surface area is 76.2 Å². The number of aromatic nitrogens is 2. The normalized spacial score (nSPS) is 10.5. The highest BCUT2D eigenvalue weighted by molar-refractivity contribution is 7.20. The SMILES string of the molecule is NC(=O)c1cc2c(=O)[nH]cnc2s1. The zero-order chi connectivity index (χ0) is 9.42. The quantitative estimate of drug-likeness (QED) is 0.675. The second kappa shape index (κ2) is 2.67. The highest BCUT2D eigenvalue weighted by atomic mass is 32.1. The third-order valence-electron chi connectivity index (χ3n) is 1.58. The monoisotopic (exact) mass is 195 g/mol. The van der Waals surface area contributed by atoms with Gasteiger partial charge in [-0.25, -0.2) is 4.98 Å². The lowest BCUT2D eigenvalue weighted by Crippen LogP contribution is -2.08. The van der Waals surface area contributed by atoms with Crippen LogP contribution in [0.4, 0.5) is 0 Å². The summed E-state index contributed by atoms with van der Waals surface area (Å²) >= 11 is 1.11. The molecular formula is C7H5N3O2S. The van der Waals surface area contributed by atoms with Crippen molar-refractivity contribution in [2.45, 2.75) is 0 Å². The van der Waals surface area contributed by atoms with Crippen molar-refractivity contribution in [3.63, 3.8) is 0 Å². The Bertz CT molecular complexity index is 528. The third-order valence-corrected chi connectivity index (χ3v) is 2.64. The van der Waals surface area contributed by atoms with E-state index in [-0.39, 0.29) is 5.56 Å². The lowest BCUT2D eigenvalue weighted by molar-refractivity contribution is 0.100. The molecule has 0 fully saturated rings. The second-order valence-electron chi connectivity index (χ2n) is 2.43. The van der Waals surface area contributed by atoms with Gasteiger partial charge >= 0.3 is 0 Å². The number of nitrogens with one attached hydrogen (secondary N) is 1. The Morgan fingerprint density at radius 2 is 2.38 bits per heavy atom. The molecule has 0 aliphatic carbocycles. The van der Waals surface area contributed by atoms with Crippen molar-refractivity contribution < 1.29 is 4.79 Å². The van der Waals surface area contributed by atoms with Crippen molar-refractivity contribution in [3.05, 3.63) is 27.6 Å². The van der Waals surface area contributed by atoms with Crippen LogP contribution in [0.3, 0.4) is 0 Å². The number of H-pyrrole nitrogens is 1. The van der Waals surface area contributed by atoms with E-state index in [1.54, 1.807) is 0 Å². The number of hydrogen-bond acceptors (Lipinski definition) is 4. The highest BCUT2D eigenvalue weighted by Gasteiger charge is 2.08. The summed E-state index contributed by atoms with van der Waals surface area (Å²) in [6.45, 7) is 0. The van der Waals surface area contributed by atoms with Gasteiger partial charge in [0.1, 0.15) is 4.83 Å². The van der Waals surface area contributed by atoms with Crippen molar-refractivity contribution in [2.24, 2.45) is 5.73 Å². The second-order valence-corrected chi connectivity index (χ2v) is 3.46. The zero-order valence-corrected chi connectivity index (χ0v) is 7.22. The maximum atomic E-state index is 11.2. The molecule has 0 saturated carbocycles. The maximum Gasteiger partial charge on any atom is 0.259 e. The van der Waals surface area contributed by atoms with Crippen LogP contribution in [0.5, 0.6) is 0 Å².